The smallest absolute Gasteiger partial charge is 0.273 e. The fourth-order valence-electron chi connectivity index (χ4n) is 4.15. The van der Waals surface area contributed by atoms with Gasteiger partial charge in [0.25, 0.3) is 5.91 Å². The highest BCUT2D eigenvalue weighted by Gasteiger charge is 2.57. The molecule has 1 amide bonds. The van der Waals surface area contributed by atoms with E-state index < -0.39 is 0 Å². The van der Waals surface area contributed by atoms with Crippen LogP contribution in [0.15, 0.2) is 10.8 Å². The van der Waals surface area contributed by atoms with Gasteiger partial charge in [-0.3, -0.25) is 4.79 Å². The molecule has 1 aromatic heterocycles. The standard InChI is InChI=1S/C17H26N2O3/c1-4-21-13-9-12(17(13)7-5-6-8-17)19-16(20)14-15(11(2)3)22-10-18-14/h10-13H,4-9H2,1-3H3,(H,19,20)/t12-,13-/m0/s1. The molecule has 1 aromatic rings. The van der Waals surface area contributed by atoms with Crippen LogP contribution in [0, 0.1) is 5.41 Å². The zero-order chi connectivity index (χ0) is 15.7. The number of amides is 1. The average Bonchev–Trinajstić information content (AvgIpc) is 3.16. The molecule has 2 atom stereocenters. The van der Waals surface area contributed by atoms with E-state index in [-0.39, 0.29) is 23.3 Å². The van der Waals surface area contributed by atoms with Crippen molar-refractivity contribution in [2.45, 2.75) is 70.9 Å². The van der Waals surface area contributed by atoms with Gasteiger partial charge < -0.3 is 14.5 Å². The zero-order valence-corrected chi connectivity index (χ0v) is 13.7. The summed E-state index contributed by atoms with van der Waals surface area (Å²) in [5.41, 5.74) is 0.580. The van der Waals surface area contributed by atoms with Crippen LogP contribution in [0.25, 0.3) is 0 Å². The minimum Gasteiger partial charge on any atom is -0.447 e. The van der Waals surface area contributed by atoms with Crippen LogP contribution in [0.4, 0.5) is 0 Å². The highest BCUT2D eigenvalue weighted by Crippen LogP contribution is 2.54. The molecule has 0 saturated heterocycles. The third kappa shape index (κ3) is 2.45. The lowest BCUT2D eigenvalue weighted by atomic mass is 9.60. The molecule has 5 nitrogen and oxygen atoms in total. The fraction of sp³-hybridized carbons (Fsp3) is 0.765. The van der Waals surface area contributed by atoms with E-state index in [1.54, 1.807) is 0 Å². The van der Waals surface area contributed by atoms with Gasteiger partial charge in [0, 0.05) is 24.0 Å². The number of rotatable bonds is 5. The van der Waals surface area contributed by atoms with Crippen molar-refractivity contribution in [1.82, 2.24) is 10.3 Å². The van der Waals surface area contributed by atoms with Crippen molar-refractivity contribution in [3.05, 3.63) is 17.8 Å². The maximum Gasteiger partial charge on any atom is 0.273 e. The molecule has 1 spiro atoms. The molecular formula is C17H26N2O3. The third-order valence-corrected chi connectivity index (χ3v) is 5.33. The summed E-state index contributed by atoms with van der Waals surface area (Å²) in [4.78, 5) is 16.7. The number of carbonyl (C=O) groups excluding carboxylic acids is 1. The predicted molar refractivity (Wildman–Crippen MR) is 82.8 cm³/mol. The number of nitrogens with zero attached hydrogens (tertiary/aromatic N) is 1. The van der Waals surface area contributed by atoms with Gasteiger partial charge in [-0.1, -0.05) is 26.7 Å². The molecule has 2 aliphatic rings. The van der Waals surface area contributed by atoms with Gasteiger partial charge in [-0.25, -0.2) is 4.98 Å². The topological polar surface area (TPSA) is 64.4 Å². The number of hydrogen-bond donors (Lipinski definition) is 1. The van der Waals surface area contributed by atoms with Crippen LogP contribution in [0.3, 0.4) is 0 Å². The molecule has 1 heterocycles. The molecular weight excluding hydrogens is 280 g/mol. The van der Waals surface area contributed by atoms with Crippen molar-refractivity contribution in [2.24, 2.45) is 5.41 Å². The number of hydrogen-bond acceptors (Lipinski definition) is 4. The van der Waals surface area contributed by atoms with Gasteiger partial charge in [-0.2, -0.15) is 0 Å². The van der Waals surface area contributed by atoms with E-state index >= 15 is 0 Å². The fourth-order valence-corrected chi connectivity index (χ4v) is 4.15. The molecule has 22 heavy (non-hydrogen) atoms. The quantitative estimate of drug-likeness (QED) is 0.907. The second kappa shape index (κ2) is 6.03. The Morgan fingerprint density at radius 2 is 2.23 bits per heavy atom. The number of aromatic nitrogens is 1. The molecule has 1 N–H and O–H groups in total. The van der Waals surface area contributed by atoms with Crippen LogP contribution in [0.5, 0.6) is 0 Å². The normalized spacial score (nSPS) is 26.4. The molecule has 0 radical (unpaired) electrons. The molecule has 2 saturated carbocycles. The Balaban J connectivity index is 1.70. The Bertz CT molecular complexity index is 532. The highest BCUT2D eigenvalue weighted by atomic mass is 16.5. The molecule has 0 aromatic carbocycles. The van der Waals surface area contributed by atoms with E-state index in [0.717, 1.165) is 25.9 Å². The summed E-state index contributed by atoms with van der Waals surface area (Å²) in [6.45, 7) is 6.79. The minimum atomic E-state index is -0.108. The lowest BCUT2D eigenvalue weighted by Crippen LogP contribution is -2.63. The first kappa shape index (κ1) is 15.5. The summed E-state index contributed by atoms with van der Waals surface area (Å²) < 4.78 is 11.3. The average molecular weight is 306 g/mol. The minimum absolute atomic E-state index is 0.108. The zero-order valence-electron chi connectivity index (χ0n) is 13.7. The Hall–Kier alpha value is -1.36. The van der Waals surface area contributed by atoms with Crippen LogP contribution in [-0.2, 0) is 4.74 Å². The lowest BCUT2D eigenvalue weighted by molar-refractivity contribution is -0.127. The predicted octanol–water partition coefficient (Wildman–Crippen LogP) is 3.27. The number of ether oxygens (including phenoxy) is 1. The summed E-state index contributed by atoms with van der Waals surface area (Å²) in [5, 5.41) is 3.19. The van der Waals surface area contributed by atoms with Crippen molar-refractivity contribution in [3.63, 3.8) is 0 Å². The SMILES string of the molecule is CCO[C@H]1C[C@H](NC(=O)c2ncoc2C(C)C)C12CCCC2. The van der Waals surface area contributed by atoms with Crippen molar-refractivity contribution < 1.29 is 13.9 Å². The number of nitrogens with one attached hydrogen (secondary N) is 1. The monoisotopic (exact) mass is 306 g/mol. The van der Waals surface area contributed by atoms with Gasteiger partial charge in [0.1, 0.15) is 5.76 Å². The summed E-state index contributed by atoms with van der Waals surface area (Å²) in [6.07, 6.45) is 7.34. The van der Waals surface area contributed by atoms with Crippen molar-refractivity contribution in [2.75, 3.05) is 6.61 Å². The molecule has 0 aliphatic heterocycles. The molecule has 122 valence electrons. The Morgan fingerprint density at radius 1 is 1.50 bits per heavy atom. The van der Waals surface area contributed by atoms with Gasteiger partial charge in [0.2, 0.25) is 0 Å². The molecule has 0 unspecified atom stereocenters. The first-order chi connectivity index (χ1) is 10.6. The molecule has 0 bridgehead atoms. The van der Waals surface area contributed by atoms with E-state index in [2.05, 4.69) is 10.3 Å². The largest absolute Gasteiger partial charge is 0.447 e. The first-order valence-corrected chi connectivity index (χ1v) is 8.44. The van der Waals surface area contributed by atoms with E-state index in [4.69, 9.17) is 9.15 Å². The first-order valence-electron chi connectivity index (χ1n) is 8.44. The van der Waals surface area contributed by atoms with Crippen LogP contribution < -0.4 is 5.32 Å². The molecule has 5 heteroatoms. The van der Waals surface area contributed by atoms with E-state index in [1.807, 2.05) is 20.8 Å². The Morgan fingerprint density at radius 3 is 2.86 bits per heavy atom. The van der Waals surface area contributed by atoms with Crippen molar-refractivity contribution in [3.8, 4) is 0 Å². The van der Waals surface area contributed by atoms with Gasteiger partial charge in [0.05, 0.1) is 6.10 Å². The van der Waals surface area contributed by atoms with Crippen LogP contribution in [-0.4, -0.2) is 29.6 Å². The molecule has 2 fully saturated rings. The van der Waals surface area contributed by atoms with Crippen molar-refractivity contribution in [1.29, 1.82) is 0 Å². The van der Waals surface area contributed by atoms with Crippen LogP contribution in [0.2, 0.25) is 0 Å². The molecule has 2 aliphatic carbocycles. The second-order valence-corrected chi connectivity index (χ2v) is 6.87. The Labute approximate surface area is 131 Å². The summed E-state index contributed by atoms with van der Waals surface area (Å²) in [7, 11) is 0. The number of oxazole rings is 1. The molecule has 3 rings (SSSR count). The maximum absolute atomic E-state index is 12.6. The van der Waals surface area contributed by atoms with Gasteiger partial charge >= 0.3 is 0 Å². The van der Waals surface area contributed by atoms with Gasteiger partial charge in [-0.15, -0.1) is 0 Å². The highest BCUT2D eigenvalue weighted by molar-refractivity contribution is 5.93. The lowest BCUT2D eigenvalue weighted by Gasteiger charge is -2.54. The van der Waals surface area contributed by atoms with Crippen LogP contribution in [0.1, 0.15) is 75.0 Å². The second-order valence-electron chi connectivity index (χ2n) is 6.87. The summed E-state index contributed by atoms with van der Waals surface area (Å²) in [6, 6.07) is 0.204. The van der Waals surface area contributed by atoms with E-state index in [1.165, 1.54) is 19.2 Å². The number of carbonyl (C=O) groups is 1. The van der Waals surface area contributed by atoms with Crippen molar-refractivity contribution >= 4 is 5.91 Å². The van der Waals surface area contributed by atoms with Gasteiger partial charge in [0.15, 0.2) is 12.1 Å². The Kier molecular flexibility index (Phi) is 4.26. The van der Waals surface area contributed by atoms with E-state index in [0.29, 0.717) is 17.6 Å². The van der Waals surface area contributed by atoms with Crippen LogP contribution >= 0.6 is 0 Å². The summed E-state index contributed by atoms with van der Waals surface area (Å²) in [5.74, 6) is 0.712. The van der Waals surface area contributed by atoms with E-state index in [9.17, 15) is 4.79 Å². The summed E-state index contributed by atoms with van der Waals surface area (Å²) >= 11 is 0. The third-order valence-electron chi connectivity index (χ3n) is 5.33. The van der Waals surface area contributed by atoms with Gasteiger partial charge in [-0.05, 0) is 26.2 Å². The maximum atomic E-state index is 12.6.